The Labute approximate surface area is 143 Å². The molecule has 0 aliphatic heterocycles. The zero-order valence-corrected chi connectivity index (χ0v) is 14.6. The topological polar surface area (TPSA) is 59.6 Å². The molecule has 0 bridgehead atoms. The summed E-state index contributed by atoms with van der Waals surface area (Å²) in [6.07, 6.45) is 0. The Hall–Kier alpha value is -2.69. The molecule has 2 aromatic carbocycles. The molecule has 0 aromatic heterocycles. The van der Waals surface area contributed by atoms with Crippen molar-refractivity contribution in [3.05, 3.63) is 48.0 Å². The minimum atomic E-state index is -0.0344. The van der Waals surface area contributed by atoms with Crippen molar-refractivity contribution in [1.29, 1.82) is 0 Å². The molecule has 128 valence electrons. The van der Waals surface area contributed by atoms with Crippen LogP contribution in [0.5, 0.6) is 11.5 Å². The van der Waals surface area contributed by atoms with Crippen LogP contribution in [-0.4, -0.2) is 20.1 Å². The Balaban J connectivity index is 1.96. The molecule has 0 saturated heterocycles. The van der Waals surface area contributed by atoms with E-state index in [4.69, 9.17) is 9.47 Å². The molecule has 0 saturated carbocycles. The van der Waals surface area contributed by atoms with Crippen molar-refractivity contribution < 1.29 is 14.3 Å². The Morgan fingerprint density at radius 2 is 1.58 bits per heavy atom. The molecule has 2 N–H and O–H groups in total. The first-order valence-corrected chi connectivity index (χ1v) is 7.89. The second-order valence-electron chi connectivity index (χ2n) is 5.76. The van der Waals surface area contributed by atoms with Gasteiger partial charge in [0.1, 0.15) is 0 Å². The van der Waals surface area contributed by atoms with Crippen molar-refractivity contribution in [3.8, 4) is 11.5 Å². The second kappa shape index (κ2) is 8.24. The third-order valence-corrected chi connectivity index (χ3v) is 3.62. The highest BCUT2D eigenvalue weighted by molar-refractivity contribution is 5.92. The summed E-state index contributed by atoms with van der Waals surface area (Å²) in [5.41, 5.74) is 2.86. The van der Waals surface area contributed by atoms with Gasteiger partial charge in [0.2, 0.25) is 5.91 Å². The SMILES string of the molecule is COc1ccc(CNc2ccc(NC(=O)C(C)C)cc2)cc1OC. The van der Waals surface area contributed by atoms with Gasteiger partial charge in [-0.25, -0.2) is 0 Å². The number of methoxy groups -OCH3 is 2. The number of nitrogens with one attached hydrogen (secondary N) is 2. The number of amides is 1. The van der Waals surface area contributed by atoms with Crippen LogP contribution in [0, 0.1) is 5.92 Å². The number of hydrogen-bond acceptors (Lipinski definition) is 4. The Kier molecular flexibility index (Phi) is 6.07. The molecule has 24 heavy (non-hydrogen) atoms. The van der Waals surface area contributed by atoms with E-state index in [-0.39, 0.29) is 11.8 Å². The van der Waals surface area contributed by atoms with Gasteiger partial charge in [-0.2, -0.15) is 0 Å². The van der Waals surface area contributed by atoms with Gasteiger partial charge in [0.05, 0.1) is 14.2 Å². The predicted molar refractivity (Wildman–Crippen MR) is 96.8 cm³/mol. The minimum absolute atomic E-state index is 0.0148. The average Bonchev–Trinajstić information content (AvgIpc) is 2.60. The van der Waals surface area contributed by atoms with E-state index in [1.54, 1.807) is 14.2 Å². The molecule has 5 heteroatoms. The van der Waals surface area contributed by atoms with Crippen LogP contribution in [0.2, 0.25) is 0 Å². The summed E-state index contributed by atoms with van der Waals surface area (Å²) in [6.45, 7) is 4.40. The maximum atomic E-state index is 11.7. The van der Waals surface area contributed by atoms with Crippen molar-refractivity contribution in [2.45, 2.75) is 20.4 Å². The van der Waals surface area contributed by atoms with Crippen molar-refractivity contribution in [3.63, 3.8) is 0 Å². The highest BCUT2D eigenvalue weighted by atomic mass is 16.5. The fraction of sp³-hybridized carbons (Fsp3) is 0.316. The average molecular weight is 328 g/mol. The van der Waals surface area contributed by atoms with Crippen molar-refractivity contribution in [2.75, 3.05) is 24.9 Å². The van der Waals surface area contributed by atoms with E-state index in [1.165, 1.54) is 0 Å². The first-order valence-electron chi connectivity index (χ1n) is 7.89. The molecule has 0 heterocycles. The smallest absolute Gasteiger partial charge is 0.226 e. The molecule has 2 rings (SSSR count). The van der Waals surface area contributed by atoms with Gasteiger partial charge in [-0.15, -0.1) is 0 Å². The van der Waals surface area contributed by atoms with Crippen LogP contribution < -0.4 is 20.1 Å². The van der Waals surface area contributed by atoms with Gasteiger partial charge in [-0.1, -0.05) is 19.9 Å². The molecule has 0 spiro atoms. The monoisotopic (exact) mass is 328 g/mol. The fourth-order valence-corrected chi connectivity index (χ4v) is 2.15. The fourth-order valence-electron chi connectivity index (χ4n) is 2.15. The molecule has 0 aliphatic rings. The van der Waals surface area contributed by atoms with Gasteiger partial charge in [0.25, 0.3) is 0 Å². The Bertz CT molecular complexity index is 682. The lowest BCUT2D eigenvalue weighted by molar-refractivity contribution is -0.118. The van der Waals surface area contributed by atoms with Gasteiger partial charge >= 0.3 is 0 Å². The first kappa shape index (κ1) is 17.7. The summed E-state index contributed by atoms with van der Waals surface area (Å²) in [5.74, 6) is 1.41. The quantitative estimate of drug-likeness (QED) is 0.809. The van der Waals surface area contributed by atoms with E-state index in [9.17, 15) is 4.79 Å². The summed E-state index contributed by atoms with van der Waals surface area (Å²) in [5, 5.41) is 6.22. The van der Waals surface area contributed by atoms with E-state index in [2.05, 4.69) is 10.6 Å². The van der Waals surface area contributed by atoms with Gasteiger partial charge in [0, 0.05) is 23.8 Å². The molecule has 0 radical (unpaired) electrons. The molecule has 5 nitrogen and oxygen atoms in total. The third-order valence-electron chi connectivity index (χ3n) is 3.62. The molecule has 2 aromatic rings. The zero-order chi connectivity index (χ0) is 17.5. The van der Waals surface area contributed by atoms with Crippen LogP contribution in [0.3, 0.4) is 0 Å². The summed E-state index contributed by atoms with van der Waals surface area (Å²) in [4.78, 5) is 11.7. The van der Waals surface area contributed by atoms with Gasteiger partial charge < -0.3 is 20.1 Å². The number of ether oxygens (including phenoxy) is 2. The standard InChI is InChI=1S/C19H24N2O3/c1-13(2)19(22)21-16-8-6-15(7-9-16)20-12-14-5-10-17(23-3)18(11-14)24-4/h5-11,13,20H,12H2,1-4H3,(H,21,22). The maximum absolute atomic E-state index is 11.7. The second-order valence-corrected chi connectivity index (χ2v) is 5.76. The van der Waals surface area contributed by atoms with Gasteiger partial charge in [0.15, 0.2) is 11.5 Å². The maximum Gasteiger partial charge on any atom is 0.226 e. The summed E-state index contributed by atoms with van der Waals surface area (Å²) < 4.78 is 10.5. The van der Waals surface area contributed by atoms with Gasteiger partial charge in [-0.05, 0) is 42.0 Å². The lowest BCUT2D eigenvalue weighted by Crippen LogP contribution is -2.17. The molecule has 0 unspecified atom stereocenters. The lowest BCUT2D eigenvalue weighted by atomic mass is 10.2. The molecule has 0 aliphatic carbocycles. The van der Waals surface area contributed by atoms with Crippen LogP contribution in [0.15, 0.2) is 42.5 Å². The van der Waals surface area contributed by atoms with Crippen LogP contribution in [-0.2, 0) is 11.3 Å². The van der Waals surface area contributed by atoms with E-state index in [0.29, 0.717) is 18.0 Å². The number of rotatable bonds is 7. The van der Waals surface area contributed by atoms with E-state index in [1.807, 2.05) is 56.3 Å². The van der Waals surface area contributed by atoms with E-state index >= 15 is 0 Å². The zero-order valence-electron chi connectivity index (χ0n) is 14.6. The number of carbonyl (C=O) groups is 1. The number of benzene rings is 2. The molecular weight excluding hydrogens is 304 g/mol. The van der Waals surface area contributed by atoms with E-state index in [0.717, 1.165) is 16.9 Å². The summed E-state index contributed by atoms with van der Waals surface area (Å²) >= 11 is 0. The molecular formula is C19H24N2O3. The Morgan fingerprint density at radius 3 is 2.17 bits per heavy atom. The summed E-state index contributed by atoms with van der Waals surface area (Å²) in [6, 6.07) is 13.5. The van der Waals surface area contributed by atoms with Crippen molar-refractivity contribution in [1.82, 2.24) is 0 Å². The van der Waals surface area contributed by atoms with Crippen LogP contribution in [0.4, 0.5) is 11.4 Å². The number of anilines is 2. The van der Waals surface area contributed by atoms with E-state index < -0.39 is 0 Å². The number of hydrogen-bond donors (Lipinski definition) is 2. The summed E-state index contributed by atoms with van der Waals surface area (Å²) in [7, 11) is 3.24. The van der Waals surface area contributed by atoms with Gasteiger partial charge in [-0.3, -0.25) is 4.79 Å². The van der Waals surface area contributed by atoms with Crippen LogP contribution in [0.25, 0.3) is 0 Å². The third kappa shape index (κ3) is 4.65. The largest absolute Gasteiger partial charge is 0.493 e. The lowest BCUT2D eigenvalue weighted by Gasteiger charge is -2.12. The number of carbonyl (C=O) groups excluding carboxylic acids is 1. The molecule has 0 fully saturated rings. The minimum Gasteiger partial charge on any atom is -0.493 e. The van der Waals surface area contributed by atoms with Crippen LogP contribution >= 0.6 is 0 Å². The highest BCUT2D eigenvalue weighted by Crippen LogP contribution is 2.27. The highest BCUT2D eigenvalue weighted by Gasteiger charge is 2.07. The molecule has 1 amide bonds. The molecule has 0 atom stereocenters. The predicted octanol–water partition coefficient (Wildman–Crippen LogP) is 3.91. The normalized spacial score (nSPS) is 10.4. The first-order chi connectivity index (χ1) is 11.5. The van der Waals surface area contributed by atoms with Crippen molar-refractivity contribution in [2.24, 2.45) is 5.92 Å². The van der Waals surface area contributed by atoms with Crippen molar-refractivity contribution >= 4 is 17.3 Å². The Morgan fingerprint density at radius 1 is 0.958 bits per heavy atom. The van der Waals surface area contributed by atoms with Crippen LogP contribution in [0.1, 0.15) is 19.4 Å².